The minimum Gasteiger partial charge on any atom is -0.485 e. The number of fused-ring (bicyclic) bond motifs is 1. The molecule has 0 radical (unpaired) electrons. The summed E-state index contributed by atoms with van der Waals surface area (Å²) < 4.78 is 5.88. The molecule has 0 spiro atoms. The predicted molar refractivity (Wildman–Crippen MR) is 78.2 cm³/mol. The molecule has 4 nitrogen and oxygen atoms in total. The molecule has 20 heavy (non-hydrogen) atoms. The molecule has 0 saturated carbocycles. The van der Waals surface area contributed by atoms with Gasteiger partial charge in [0, 0.05) is 17.2 Å². The fourth-order valence-electron chi connectivity index (χ4n) is 2.56. The average Bonchev–Trinajstić information content (AvgIpc) is 2.33. The molecule has 1 aliphatic heterocycles. The van der Waals surface area contributed by atoms with E-state index in [-0.39, 0.29) is 17.9 Å². The Bertz CT molecular complexity index is 522. The van der Waals surface area contributed by atoms with Crippen LogP contribution >= 0.6 is 0 Å². The number of carbonyl (C=O) groups excluding carboxylic acids is 1. The smallest absolute Gasteiger partial charge is 0.159 e. The number of benzene rings is 1. The number of aliphatic hydroxyl groups is 1. The third-order valence-electron chi connectivity index (χ3n) is 3.67. The second kappa shape index (κ2) is 5.19. The van der Waals surface area contributed by atoms with Crippen LogP contribution in [0, 0.1) is 0 Å². The van der Waals surface area contributed by atoms with Crippen LogP contribution in [0.4, 0.5) is 0 Å². The molecule has 2 atom stereocenters. The summed E-state index contributed by atoms with van der Waals surface area (Å²) in [6, 6.07) is 5.37. The van der Waals surface area contributed by atoms with Gasteiger partial charge >= 0.3 is 0 Å². The lowest BCUT2D eigenvalue weighted by Crippen LogP contribution is -2.53. The molecule has 0 aromatic heterocycles. The summed E-state index contributed by atoms with van der Waals surface area (Å²) in [5.74, 6) is 0.735. The Morgan fingerprint density at radius 1 is 1.40 bits per heavy atom. The first-order valence-corrected chi connectivity index (χ1v) is 7.00. The van der Waals surface area contributed by atoms with Crippen molar-refractivity contribution in [1.29, 1.82) is 0 Å². The third-order valence-corrected chi connectivity index (χ3v) is 3.67. The molecule has 0 unspecified atom stereocenters. The highest BCUT2D eigenvalue weighted by Gasteiger charge is 2.43. The van der Waals surface area contributed by atoms with E-state index >= 15 is 0 Å². The number of hydrogen-bond acceptors (Lipinski definition) is 4. The lowest BCUT2D eigenvalue weighted by Gasteiger charge is -2.43. The Balaban J connectivity index is 2.50. The fraction of sp³-hybridized carbons (Fsp3) is 0.562. The zero-order valence-corrected chi connectivity index (χ0v) is 12.7. The maximum absolute atomic E-state index is 11.5. The average molecular weight is 277 g/mol. The van der Waals surface area contributed by atoms with Gasteiger partial charge in [-0.3, -0.25) is 4.79 Å². The standard InChI is InChI=1S/C16H23NO3/c1-9(2)17-14-12-8-11(10(3)18)6-7-13(12)20-16(4,5)15(14)19/h6-9,14-15,17,19H,1-5H3/t14-,15+/m0/s1. The first kappa shape index (κ1) is 15.0. The molecular formula is C16H23NO3. The van der Waals surface area contributed by atoms with Gasteiger partial charge in [0.05, 0.1) is 6.04 Å². The zero-order chi connectivity index (χ0) is 15.1. The van der Waals surface area contributed by atoms with Crippen LogP contribution < -0.4 is 10.1 Å². The van der Waals surface area contributed by atoms with Crippen molar-refractivity contribution in [3.8, 4) is 5.75 Å². The lowest BCUT2D eigenvalue weighted by atomic mass is 9.85. The van der Waals surface area contributed by atoms with E-state index in [1.165, 1.54) is 6.92 Å². The Morgan fingerprint density at radius 2 is 2.05 bits per heavy atom. The quantitative estimate of drug-likeness (QED) is 0.833. The van der Waals surface area contributed by atoms with E-state index in [0.717, 1.165) is 11.3 Å². The first-order valence-electron chi connectivity index (χ1n) is 7.00. The van der Waals surface area contributed by atoms with Gasteiger partial charge in [-0.1, -0.05) is 13.8 Å². The summed E-state index contributed by atoms with van der Waals surface area (Å²) in [6.45, 7) is 9.34. The molecule has 0 aliphatic carbocycles. The molecule has 0 fully saturated rings. The van der Waals surface area contributed by atoms with Crippen LogP contribution in [0.3, 0.4) is 0 Å². The summed E-state index contributed by atoms with van der Waals surface area (Å²) in [5.41, 5.74) is 0.810. The molecule has 110 valence electrons. The van der Waals surface area contributed by atoms with Gasteiger partial charge in [0.2, 0.25) is 0 Å². The summed E-state index contributed by atoms with van der Waals surface area (Å²) in [4.78, 5) is 11.5. The maximum Gasteiger partial charge on any atom is 0.159 e. The van der Waals surface area contributed by atoms with Gasteiger partial charge in [0.15, 0.2) is 5.78 Å². The van der Waals surface area contributed by atoms with Gasteiger partial charge in [0.25, 0.3) is 0 Å². The Kier molecular flexibility index (Phi) is 3.89. The number of aliphatic hydroxyl groups excluding tert-OH is 1. The normalized spacial score (nSPS) is 24.1. The van der Waals surface area contributed by atoms with Crippen LogP contribution in [0.5, 0.6) is 5.75 Å². The molecule has 0 amide bonds. The van der Waals surface area contributed by atoms with Crippen molar-refractivity contribution in [3.63, 3.8) is 0 Å². The molecule has 2 rings (SSSR count). The Hall–Kier alpha value is -1.39. The van der Waals surface area contributed by atoms with Gasteiger partial charge in [-0.25, -0.2) is 0 Å². The summed E-state index contributed by atoms with van der Waals surface area (Å²) in [7, 11) is 0. The van der Waals surface area contributed by atoms with Crippen molar-refractivity contribution in [1.82, 2.24) is 5.32 Å². The van der Waals surface area contributed by atoms with Crippen LogP contribution in [0.15, 0.2) is 18.2 Å². The summed E-state index contributed by atoms with van der Waals surface area (Å²) >= 11 is 0. The van der Waals surface area contributed by atoms with Gasteiger partial charge in [-0.15, -0.1) is 0 Å². The zero-order valence-electron chi connectivity index (χ0n) is 12.7. The molecule has 2 N–H and O–H groups in total. The fourth-order valence-corrected chi connectivity index (χ4v) is 2.56. The van der Waals surface area contributed by atoms with Crippen molar-refractivity contribution >= 4 is 5.78 Å². The molecule has 1 heterocycles. The molecule has 0 saturated heterocycles. The van der Waals surface area contributed by atoms with Crippen molar-refractivity contribution in [2.45, 2.75) is 58.4 Å². The van der Waals surface area contributed by atoms with Crippen LogP contribution in [-0.2, 0) is 0 Å². The van der Waals surface area contributed by atoms with Crippen LogP contribution in [0.1, 0.15) is 56.6 Å². The number of carbonyl (C=O) groups is 1. The monoisotopic (exact) mass is 277 g/mol. The van der Waals surface area contributed by atoms with Crippen LogP contribution in [0.25, 0.3) is 0 Å². The van der Waals surface area contributed by atoms with Gasteiger partial charge in [-0.2, -0.15) is 0 Å². The maximum atomic E-state index is 11.5. The molecular weight excluding hydrogens is 254 g/mol. The number of hydrogen-bond donors (Lipinski definition) is 2. The molecule has 4 heteroatoms. The van der Waals surface area contributed by atoms with Crippen molar-refractivity contribution in [2.24, 2.45) is 0 Å². The van der Waals surface area contributed by atoms with E-state index in [4.69, 9.17) is 4.74 Å². The molecule has 1 aromatic rings. The second-order valence-corrected chi connectivity index (χ2v) is 6.26. The first-order chi connectivity index (χ1) is 9.22. The minimum absolute atomic E-state index is 0.00965. The van der Waals surface area contributed by atoms with E-state index in [9.17, 15) is 9.90 Å². The molecule has 0 bridgehead atoms. The predicted octanol–water partition coefficient (Wildman–Crippen LogP) is 2.46. The largest absolute Gasteiger partial charge is 0.485 e. The number of rotatable bonds is 3. The minimum atomic E-state index is -0.681. The number of ether oxygens (including phenoxy) is 1. The summed E-state index contributed by atoms with van der Waals surface area (Å²) in [5, 5.41) is 13.9. The van der Waals surface area contributed by atoms with E-state index in [2.05, 4.69) is 5.32 Å². The number of Topliss-reactive ketones (excluding diaryl/α,β-unsaturated/α-hetero) is 1. The topological polar surface area (TPSA) is 58.6 Å². The van der Waals surface area contributed by atoms with Crippen molar-refractivity contribution < 1.29 is 14.6 Å². The second-order valence-electron chi connectivity index (χ2n) is 6.26. The number of nitrogens with one attached hydrogen (secondary N) is 1. The van der Waals surface area contributed by atoms with E-state index in [1.54, 1.807) is 6.07 Å². The van der Waals surface area contributed by atoms with Crippen molar-refractivity contribution in [2.75, 3.05) is 0 Å². The highest BCUT2D eigenvalue weighted by atomic mass is 16.5. The summed E-state index contributed by atoms with van der Waals surface area (Å²) in [6.07, 6.45) is -0.681. The highest BCUT2D eigenvalue weighted by molar-refractivity contribution is 5.94. The highest BCUT2D eigenvalue weighted by Crippen LogP contribution is 2.40. The Morgan fingerprint density at radius 3 is 2.60 bits per heavy atom. The van der Waals surface area contributed by atoms with Gasteiger partial charge in [0.1, 0.15) is 17.5 Å². The molecule has 1 aliphatic rings. The third kappa shape index (κ3) is 2.72. The van der Waals surface area contributed by atoms with Crippen LogP contribution in [0.2, 0.25) is 0 Å². The van der Waals surface area contributed by atoms with Crippen molar-refractivity contribution in [3.05, 3.63) is 29.3 Å². The van der Waals surface area contributed by atoms with E-state index in [0.29, 0.717) is 5.56 Å². The van der Waals surface area contributed by atoms with Gasteiger partial charge < -0.3 is 15.2 Å². The van der Waals surface area contributed by atoms with Gasteiger partial charge in [-0.05, 0) is 39.0 Å². The number of ketones is 1. The molecule has 1 aromatic carbocycles. The SMILES string of the molecule is CC(=O)c1ccc2c(c1)[C@H](NC(C)C)[C@@H](O)C(C)(C)O2. The van der Waals surface area contributed by atoms with E-state index in [1.807, 2.05) is 39.8 Å². The van der Waals surface area contributed by atoms with Crippen LogP contribution in [-0.4, -0.2) is 28.6 Å². The Labute approximate surface area is 120 Å². The van der Waals surface area contributed by atoms with E-state index < -0.39 is 11.7 Å². The lowest BCUT2D eigenvalue weighted by molar-refractivity contribution is -0.0658.